The zero-order valence-electron chi connectivity index (χ0n) is 27.5. The van der Waals surface area contributed by atoms with Gasteiger partial charge in [-0.25, -0.2) is 28.5 Å². The van der Waals surface area contributed by atoms with E-state index in [1.807, 2.05) is 26.2 Å². The summed E-state index contributed by atoms with van der Waals surface area (Å²) in [6.45, 7) is 5.95. The molecule has 5 aromatic rings. The van der Waals surface area contributed by atoms with Gasteiger partial charge in [0.25, 0.3) is 6.43 Å². The number of benzene rings is 1. The minimum absolute atomic E-state index is 0.0148. The lowest BCUT2D eigenvalue weighted by molar-refractivity contribution is -0.228. The molecule has 50 heavy (non-hydrogen) atoms. The third kappa shape index (κ3) is 5.44. The predicted molar refractivity (Wildman–Crippen MR) is 177 cm³/mol. The second-order valence-electron chi connectivity index (χ2n) is 12.9. The molecule has 1 N–H and O–H groups in total. The Labute approximate surface area is 284 Å². The number of hydrogen-bond acceptors (Lipinski definition) is 11. The maximum atomic E-state index is 14.1. The second kappa shape index (κ2) is 12.2. The van der Waals surface area contributed by atoms with Crippen molar-refractivity contribution < 1.29 is 37.3 Å². The summed E-state index contributed by atoms with van der Waals surface area (Å²) >= 11 is 0. The number of halogens is 2. The number of anilines is 2. The number of alkyl halides is 2. The molecule has 0 bridgehead atoms. The summed E-state index contributed by atoms with van der Waals surface area (Å²) in [5, 5.41) is 15.3. The van der Waals surface area contributed by atoms with Crippen LogP contribution in [0, 0.1) is 18.8 Å². The van der Waals surface area contributed by atoms with E-state index in [2.05, 4.69) is 38.7 Å². The van der Waals surface area contributed by atoms with E-state index in [9.17, 15) is 18.7 Å². The van der Waals surface area contributed by atoms with Crippen molar-refractivity contribution in [3.05, 3.63) is 65.4 Å². The van der Waals surface area contributed by atoms with Gasteiger partial charge in [-0.3, -0.25) is 4.68 Å². The van der Waals surface area contributed by atoms with Crippen molar-refractivity contribution in [1.82, 2.24) is 24.7 Å². The number of para-hydroxylation sites is 1. The first kappa shape index (κ1) is 31.9. The lowest BCUT2D eigenvalue weighted by Crippen LogP contribution is -2.68. The van der Waals surface area contributed by atoms with Crippen LogP contribution in [0.25, 0.3) is 22.1 Å². The number of carboxylic acids is 1. The third-order valence-corrected chi connectivity index (χ3v) is 9.63. The Morgan fingerprint density at radius 1 is 1.18 bits per heavy atom. The van der Waals surface area contributed by atoms with Gasteiger partial charge in [-0.15, -0.1) is 0 Å². The minimum atomic E-state index is -2.99. The number of aliphatic carboxylic acids is 1. The molecule has 258 valence electrons. The minimum Gasteiger partial charge on any atom is -0.480 e. The largest absolute Gasteiger partial charge is 0.480 e. The number of carboxylic acid groups (broad SMARTS) is 1. The molecule has 3 fully saturated rings. The third-order valence-electron chi connectivity index (χ3n) is 9.63. The Hall–Kier alpha value is -5.33. The number of carbonyl (C=O) groups is 1. The van der Waals surface area contributed by atoms with Crippen molar-refractivity contribution in [1.29, 1.82) is 0 Å². The Morgan fingerprint density at radius 3 is 2.72 bits per heavy atom. The number of furan rings is 1. The van der Waals surface area contributed by atoms with E-state index in [-0.39, 0.29) is 41.8 Å². The number of aryl methyl sites for hydroxylation is 2. The average Bonchev–Trinajstić information content (AvgIpc) is 3.77. The monoisotopic (exact) mass is 685 g/mol. The first-order valence-corrected chi connectivity index (χ1v) is 16.2. The fourth-order valence-corrected chi connectivity index (χ4v) is 6.96. The fourth-order valence-electron chi connectivity index (χ4n) is 6.96. The second-order valence-corrected chi connectivity index (χ2v) is 12.9. The summed E-state index contributed by atoms with van der Waals surface area (Å²) in [6.07, 6.45) is -0.152. The highest BCUT2D eigenvalue weighted by Gasteiger charge is 2.50. The van der Waals surface area contributed by atoms with Crippen molar-refractivity contribution in [2.24, 2.45) is 7.05 Å². The highest BCUT2D eigenvalue weighted by molar-refractivity contribution is 6.06. The fraction of sp³-hybridized carbons (Fsp3) is 0.400. The number of morpholine rings is 1. The molecule has 3 aliphatic heterocycles. The average molecular weight is 686 g/mol. The molecular weight excluding hydrogens is 652 g/mol. The molecular formula is C35H33F2N7O6. The van der Waals surface area contributed by atoms with E-state index >= 15 is 0 Å². The molecule has 0 unspecified atom stereocenters. The molecule has 3 saturated heterocycles. The van der Waals surface area contributed by atoms with Gasteiger partial charge in [0.15, 0.2) is 17.2 Å². The van der Waals surface area contributed by atoms with Gasteiger partial charge in [0, 0.05) is 48.9 Å². The van der Waals surface area contributed by atoms with Crippen LogP contribution in [-0.2, 0) is 21.3 Å². The van der Waals surface area contributed by atoms with E-state index < -0.39 is 36.0 Å². The van der Waals surface area contributed by atoms with Crippen LogP contribution in [0.4, 0.5) is 20.3 Å². The summed E-state index contributed by atoms with van der Waals surface area (Å²) in [7, 11) is 1.84. The lowest BCUT2D eigenvalue weighted by atomic mass is 9.90. The topological polar surface area (TPSA) is 141 Å². The van der Waals surface area contributed by atoms with Crippen molar-refractivity contribution in [3.63, 3.8) is 0 Å². The maximum Gasteiger partial charge on any atom is 0.326 e. The molecule has 0 aliphatic carbocycles. The quantitative estimate of drug-likeness (QED) is 0.256. The first-order chi connectivity index (χ1) is 24.1. The lowest BCUT2D eigenvalue weighted by Gasteiger charge is -2.53. The van der Waals surface area contributed by atoms with Crippen LogP contribution in [-0.4, -0.2) is 92.5 Å². The number of ether oxygens (including phenoxy) is 3. The van der Waals surface area contributed by atoms with Gasteiger partial charge < -0.3 is 33.5 Å². The van der Waals surface area contributed by atoms with E-state index in [1.165, 1.54) is 4.90 Å². The predicted octanol–water partition coefficient (Wildman–Crippen LogP) is 4.26. The number of fused-ring (bicyclic) bond motifs is 3. The molecule has 13 nitrogen and oxygen atoms in total. The van der Waals surface area contributed by atoms with Crippen LogP contribution < -0.4 is 14.5 Å². The molecule has 15 heteroatoms. The van der Waals surface area contributed by atoms with Crippen molar-refractivity contribution >= 4 is 39.5 Å². The maximum absolute atomic E-state index is 14.1. The Bertz CT molecular complexity index is 2190. The SMILES string of the molecule is Cc1cn(C)nc1C#Cc1cnc(O[C@H]2C[C@@H](C(=O)O)N(c3nc(C(F)F)nc4c3oc3ccccc34)C2)c(N2CCOC3(COC3)[C@@H]2C)c1. The molecule has 3 aliphatic rings. The molecule has 3 atom stereocenters. The van der Waals surface area contributed by atoms with E-state index in [0.717, 1.165) is 5.56 Å². The van der Waals surface area contributed by atoms with Gasteiger partial charge >= 0.3 is 5.97 Å². The van der Waals surface area contributed by atoms with Crippen LogP contribution in [0.3, 0.4) is 0 Å². The number of aromatic nitrogens is 5. The summed E-state index contributed by atoms with van der Waals surface area (Å²) in [4.78, 5) is 29.2. The van der Waals surface area contributed by atoms with Crippen LogP contribution >= 0.6 is 0 Å². The molecule has 1 aromatic carbocycles. The smallest absolute Gasteiger partial charge is 0.326 e. The summed E-state index contributed by atoms with van der Waals surface area (Å²) in [5.74, 6) is 4.68. The van der Waals surface area contributed by atoms with Gasteiger partial charge in [0.1, 0.15) is 40.2 Å². The summed E-state index contributed by atoms with van der Waals surface area (Å²) in [5.41, 5.74) is 3.17. The van der Waals surface area contributed by atoms with Crippen molar-refractivity contribution in [2.45, 2.75) is 50.5 Å². The molecule has 1 spiro atoms. The Morgan fingerprint density at radius 2 is 2.00 bits per heavy atom. The van der Waals surface area contributed by atoms with Gasteiger partial charge in [0.05, 0.1) is 32.4 Å². The molecule has 8 rings (SSSR count). The highest BCUT2D eigenvalue weighted by atomic mass is 19.3. The standard InChI is InChI=1S/C35H33F2N7O6/c1-19-15-42(3)41-24(19)9-8-21-12-25(43-10-11-48-35(20(43)2)17-47-18-35)33(38-14-21)49-22-13-26(34(45)46)44(16-22)32-29-28(39-31(40-32)30(36)37)23-6-4-5-7-27(23)50-29/h4-7,12,14-15,20,22,26,30H,10-11,13,16-18H2,1-3H3,(H,45,46)/t20-,22-,26-/m0/s1. The van der Waals surface area contributed by atoms with Gasteiger partial charge in [-0.1, -0.05) is 18.1 Å². The van der Waals surface area contributed by atoms with Crippen molar-refractivity contribution in [2.75, 3.05) is 42.7 Å². The number of rotatable bonds is 6. The number of nitrogens with zero attached hydrogens (tertiary/aromatic N) is 7. The Balaban J connectivity index is 1.16. The van der Waals surface area contributed by atoms with E-state index in [1.54, 1.807) is 35.1 Å². The Kier molecular flexibility index (Phi) is 7.80. The zero-order valence-corrected chi connectivity index (χ0v) is 27.5. The van der Waals surface area contributed by atoms with Gasteiger partial charge in [-0.05, 0) is 38.0 Å². The zero-order chi connectivity index (χ0) is 34.7. The molecule has 0 amide bonds. The van der Waals surface area contributed by atoms with Gasteiger partial charge in [-0.2, -0.15) is 5.10 Å². The summed E-state index contributed by atoms with van der Waals surface area (Å²) in [6, 6.07) is 7.56. The van der Waals surface area contributed by atoms with Crippen LogP contribution in [0.5, 0.6) is 5.88 Å². The van der Waals surface area contributed by atoms with Crippen molar-refractivity contribution in [3.8, 4) is 17.7 Å². The van der Waals surface area contributed by atoms with Gasteiger partial charge in [0.2, 0.25) is 5.88 Å². The molecule has 0 saturated carbocycles. The van der Waals surface area contributed by atoms with E-state index in [4.69, 9.17) is 23.6 Å². The molecule has 7 heterocycles. The molecule has 0 radical (unpaired) electrons. The van der Waals surface area contributed by atoms with Crippen LogP contribution in [0.2, 0.25) is 0 Å². The van der Waals surface area contributed by atoms with Crippen LogP contribution in [0.15, 0.2) is 47.1 Å². The first-order valence-electron chi connectivity index (χ1n) is 16.2. The highest BCUT2D eigenvalue weighted by Crippen LogP contribution is 2.41. The van der Waals surface area contributed by atoms with E-state index in [0.29, 0.717) is 54.3 Å². The normalized spacial score (nSPS) is 21.5. The number of hydrogen-bond donors (Lipinski definition) is 1. The summed E-state index contributed by atoms with van der Waals surface area (Å²) < 4.78 is 54.1. The number of pyridine rings is 1. The molecule has 4 aromatic heterocycles. The van der Waals surface area contributed by atoms with Crippen LogP contribution in [0.1, 0.15) is 42.4 Å².